The molecular formula is C16H25N3O3S. The number of aliphatic hydroxyl groups excluding tert-OH is 1. The van der Waals surface area contributed by atoms with Crippen LogP contribution >= 0.6 is 11.3 Å². The standard InChI is InChI=1S/C16H25N3O3S/c1-3-13-11(2)8-14(23-13)16(22)18-17-15(21)9-19-6-4-12(10-20)5-7-19/h8,12,20H,3-7,9-10H2,1-2H3,(H,17,21)(H,18,22). The Morgan fingerprint density at radius 3 is 2.61 bits per heavy atom. The van der Waals surface area contributed by atoms with Gasteiger partial charge in [0.25, 0.3) is 11.8 Å². The lowest BCUT2D eigenvalue weighted by molar-refractivity contribution is -0.123. The predicted octanol–water partition coefficient (Wildman–Crippen LogP) is 1.08. The van der Waals surface area contributed by atoms with Crippen LogP contribution in [0.5, 0.6) is 0 Å². The molecule has 1 fully saturated rings. The molecule has 1 saturated heterocycles. The van der Waals surface area contributed by atoms with Crippen LogP contribution in [-0.4, -0.2) is 48.1 Å². The first kappa shape index (κ1) is 17.9. The monoisotopic (exact) mass is 339 g/mol. The number of rotatable bonds is 5. The van der Waals surface area contributed by atoms with E-state index in [0.717, 1.165) is 37.9 Å². The Kier molecular flexibility index (Phi) is 6.56. The molecule has 23 heavy (non-hydrogen) atoms. The van der Waals surface area contributed by atoms with Gasteiger partial charge in [-0.3, -0.25) is 25.3 Å². The lowest BCUT2D eigenvalue weighted by Gasteiger charge is -2.30. The molecular weight excluding hydrogens is 314 g/mol. The van der Waals surface area contributed by atoms with E-state index >= 15 is 0 Å². The highest BCUT2D eigenvalue weighted by molar-refractivity contribution is 7.14. The van der Waals surface area contributed by atoms with Gasteiger partial charge >= 0.3 is 0 Å². The fourth-order valence-corrected chi connectivity index (χ4v) is 3.75. The highest BCUT2D eigenvalue weighted by Gasteiger charge is 2.20. The van der Waals surface area contributed by atoms with E-state index in [1.165, 1.54) is 16.2 Å². The number of aliphatic hydroxyl groups is 1. The Morgan fingerprint density at radius 2 is 2.04 bits per heavy atom. The molecule has 0 radical (unpaired) electrons. The third-order valence-corrected chi connectivity index (χ3v) is 5.59. The zero-order valence-corrected chi connectivity index (χ0v) is 14.5. The first-order chi connectivity index (χ1) is 11.0. The minimum Gasteiger partial charge on any atom is -0.396 e. The molecule has 1 aliphatic rings. The van der Waals surface area contributed by atoms with Crippen molar-refractivity contribution < 1.29 is 14.7 Å². The second-order valence-corrected chi connectivity index (χ2v) is 7.11. The summed E-state index contributed by atoms with van der Waals surface area (Å²) in [6, 6.07) is 1.85. The maximum Gasteiger partial charge on any atom is 0.279 e. The largest absolute Gasteiger partial charge is 0.396 e. The molecule has 2 amide bonds. The number of hydrogen-bond acceptors (Lipinski definition) is 5. The maximum atomic E-state index is 12.0. The first-order valence-electron chi connectivity index (χ1n) is 8.05. The van der Waals surface area contributed by atoms with Gasteiger partial charge in [0.15, 0.2) is 0 Å². The second kappa shape index (κ2) is 8.42. The van der Waals surface area contributed by atoms with E-state index in [9.17, 15) is 9.59 Å². The number of carbonyl (C=O) groups is 2. The average Bonchev–Trinajstić information content (AvgIpc) is 2.94. The molecule has 0 unspecified atom stereocenters. The van der Waals surface area contributed by atoms with E-state index < -0.39 is 0 Å². The minimum atomic E-state index is -0.273. The van der Waals surface area contributed by atoms with Crippen LogP contribution in [0.3, 0.4) is 0 Å². The molecule has 128 valence electrons. The van der Waals surface area contributed by atoms with Crippen LogP contribution in [0.25, 0.3) is 0 Å². The minimum absolute atomic E-state index is 0.218. The van der Waals surface area contributed by atoms with Gasteiger partial charge in [-0.25, -0.2) is 0 Å². The molecule has 0 spiro atoms. The van der Waals surface area contributed by atoms with Crippen molar-refractivity contribution in [2.24, 2.45) is 5.92 Å². The molecule has 0 aliphatic carbocycles. The maximum absolute atomic E-state index is 12.0. The SMILES string of the molecule is CCc1sc(C(=O)NNC(=O)CN2CCC(CO)CC2)cc1C. The molecule has 0 atom stereocenters. The number of nitrogens with zero attached hydrogens (tertiary/aromatic N) is 1. The van der Waals surface area contributed by atoms with Crippen molar-refractivity contribution in [1.29, 1.82) is 0 Å². The van der Waals surface area contributed by atoms with Crippen LogP contribution in [0.4, 0.5) is 0 Å². The van der Waals surface area contributed by atoms with E-state index in [-0.39, 0.29) is 25.0 Å². The van der Waals surface area contributed by atoms with Crippen LogP contribution in [0.15, 0.2) is 6.07 Å². The summed E-state index contributed by atoms with van der Waals surface area (Å²) in [5.41, 5.74) is 6.07. The molecule has 6 nitrogen and oxygen atoms in total. The highest BCUT2D eigenvalue weighted by Crippen LogP contribution is 2.22. The van der Waals surface area contributed by atoms with Gasteiger partial charge in [0, 0.05) is 11.5 Å². The summed E-state index contributed by atoms with van der Waals surface area (Å²) < 4.78 is 0. The van der Waals surface area contributed by atoms with Gasteiger partial charge in [-0.15, -0.1) is 11.3 Å². The summed E-state index contributed by atoms with van der Waals surface area (Å²) in [6.07, 6.45) is 2.72. The molecule has 0 saturated carbocycles. The Hall–Kier alpha value is -1.44. The van der Waals surface area contributed by atoms with Gasteiger partial charge in [0.2, 0.25) is 0 Å². The Balaban J connectivity index is 1.74. The van der Waals surface area contributed by atoms with Gasteiger partial charge in [-0.05, 0) is 56.8 Å². The van der Waals surface area contributed by atoms with Crippen molar-refractivity contribution >= 4 is 23.2 Å². The normalized spacial score (nSPS) is 16.3. The number of carbonyl (C=O) groups excluding carboxylic acids is 2. The summed E-state index contributed by atoms with van der Waals surface area (Å²) in [5, 5.41) is 9.11. The van der Waals surface area contributed by atoms with E-state index in [2.05, 4.69) is 17.8 Å². The number of aryl methyl sites for hydroxylation is 2. The summed E-state index contributed by atoms with van der Waals surface area (Å²) in [4.78, 5) is 27.8. The summed E-state index contributed by atoms with van der Waals surface area (Å²) >= 11 is 1.46. The molecule has 0 bridgehead atoms. The van der Waals surface area contributed by atoms with Crippen molar-refractivity contribution in [3.8, 4) is 0 Å². The summed E-state index contributed by atoms with van der Waals surface area (Å²) in [6.45, 7) is 6.13. The zero-order chi connectivity index (χ0) is 16.8. The fourth-order valence-electron chi connectivity index (χ4n) is 2.74. The molecule has 1 aromatic rings. The smallest absolute Gasteiger partial charge is 0.279 e. The van der Waals surface area contributed by atoms with E-state index in [0.29, 0.717) is 10.8 Å². The van der Waals surface area contributed by atoms with Crippen LogP contribution in [0, 0.1) is 12.8 Å². The third kappa shape index (κ3) is 5.02. The molecule has 1 aromatic heterocycles. The molecule has 0 aromatic carbocycles. The number of piperidine rings is 1. The summed E-state index contributed by atoms with van der Waals surface area (Å²) in [5.74, 6) is -0.140. The van der Waals surface area contributed by atoms with Crippen LogP contribution in [0.2, 0.25) is 0 Å². The first-order valence-corrected chi connectivity index (χ1v) is 8.86. The van der Waals surface area contributed by atoms with Crippen molar-refractivity contribution in [3.63, 3.8) is 0 Å². The number of thiophene rings is 1. The van der Waals surface area contributed by atoms with Crippen LogP contribution in [-0.2, 0) is 11.2 Å². The summed E-state index contributed by atoms with van der Waals surface area (Å²) in [7, 11) is 0. The quantitative estimate of drug-likeness (QED) is 0.701. The third-order valence-electron chi connectivity index (χ3n) is 4.21. The van der Waals surface area contributed by atoms with Crippen molar-refractivity contribution in [2.45, 2.75) is 33.1 Å². The number of hydrazine groups is 1. The number of hydrogen-bond donors (Lipinski definition) is 3. The molecule has 7 heteroatoms. The van der Waals surface area contributed by atoms with Crippen molar-refractivity contribution in [1.82, 2.24) is 15.8 Å². The van der Waals surface area contributed by atoms with Crippen LogP contribution in [0.1, 0.15) is 39.9 Å². The number of likely N-dealkylation sites (tertiary alicyclic amines) is 1. The highest BCUT2D eigenvalue weighted by atomic mass is 32.1. The lowest BCUT2D eigenvalue weighted by atomic mass is 9.98. The van der Waals surface area contributed by atoms with E-state index in [1.54, 1.807) is 0 Å². The molecule has 3 N–H and O–H groups in total. The van der Waals surface area contributed by atoms with Gasteiger partial charge < -0.3 is 5.11 Å². The molecule has 1 aliphatic heterocycles. The Labute approximate surface area is 140 Å². The molecule has 2 rings (SSSR count). The van der Waals surface area contributed by atoms with Crippen LogP contribution < -0.4 is 10.9 Å². The van der Waals surface area contributed by atoms with E-state index in [1.807, 2.05) is 17.9 Å². The van der Waals surface area contributed by atoms with Gasteiger partial charge in [0.05, 0.1) is 11.4 Å². The van der Waals surface area contributed by atoms with Gasteiger partial charge in [-0.1, -0.05) is 6.92 Å². The Morgan fingerprint density at radius 1 is 1.35 bits per heavy atom. The van der Waals surface area contributed by atoms with Crippen molar-refractivity contribution in [3.05, 3.63) is 21.4 Å². The van der Waals surface area contributed by atoms with Crippen molar-refractivity contribution in [2.75, 3.05) is 26.2 Å². The topological polar surface area (TPSA) is 81.7 Å². The van der Waals surface area contributed by atoms with Gasteiger partial charge in [0.1, 0.15) is 0 Å². The van der Waals surface area contributed by atoms with Gasteiger partial charge in [-0.2, -0.15) is 0 Å². The number of amides is 2. The van der Waals surface area contributed by atoms with E-state index in [4.69, 9.17) is 5.11 Å². The number of nitrogens with one attached hydrogen (secondary N) is 2. The average molecular weight is 339 g/mol. The molecule has 2 heterocycles. The second-order valence-electron chi connectivity index (χ2n) is 5.97. The lowest BCUT2D eigenvalue weighted by Crippen LogP contribution is -2.47. The fraction of sp³-hybridized carbons (Fsp3) is 0.625. The Bertz CT molecular complexity index is 551. The zero-order valence-electron chi connectivity index (χ0n) is 13.7. The predicted molar refractivity (Wildman–Crippen MR) is 90.3 cm³/mol.